The second-order valence-electron chi connectivity index (χ2n) is 5.60. The van der Waals surface area contributed by atoms with E-state index in [0.717, 1.165) is 11.3 Å². The van der Waals surface area contributed by atoms with E-state index in [-0.39, 0.29) is 5.91 Å². The molecule has 1 N–H and O–H groups in total. The molecular weight excluding hydrogens is 395 g/mol. The highest BCUT2D eigenvalue weighted by Crippen LogP contribution is 2.32. The third-order valence-corrected chi connectivity index (χ3v) is 5.56. The molecule has 2 aromatic heterocycles. The van der Waals surface area contributed by atoms with Gasteiger partial charge in [0.05, 0.1) is 32.8 Å². The van der Waals surface area contributed by atoms with E-state index >= 15 is 0 Å². The number of anilines is 1. The second kappa shape index (κ2) is 7.73. The molecule has 136 valence electrons. The number of nitrogens with zero attached hydrogens (tertiary/aromatic N) is 3. The van der Waals surface area contributed by atoms with Gasteiger partial charge in [-0.05, 0) is 32.0 Å². The first-order valence-electron chi connectivity index (χ1n) is 7.74. The van der Waals surface area contributed by atoms with Crippen molar-refractivity contribution in [1.29, 1.82) is 0 Å². The minimum Gasteiger partial charge on any atom is -0.469 e. The van der Waals surface area contributed by atoms with Gasteiger partial charge in [0.15, 0.2) is 11.0 Å². The predicted molar refractivity (Wildman–Crippen MR) is 104 cm³/mol. The molecule has 0 radical (unpaired) electrons. The maximum atomic E-state index is 12.5. The zero-order valence-electron chi connectivity index (χ0n) is 14.3. The van der Waals surface area contributed by atoms with Crippen LogP contribution in [0.25, 0.3) is 11.4 Å². The van der Waals surface area contributed by atoms with Crippen molar-refractivity contribution in [3.63, 3.8) is 0 Å². The lowest BCUT2D eigenvalue weighted by Gasteiger charge is -2.13. The molecule has 1 amide bonds. The van der Waals surface area contributed by atoms with Crippen molar-refractivity contribution in [1.82, 2.24) is 14.8 Å². The van der Waals surface area contributed by atoms with Gasteiger partial charge >= 0.3 is 0 Å². The van der Waals surface area contributed by atoms with Crippen molar-refractivity contribution in [2.75, 3.05) is 5.32 Å². The number of aromatic nitrogens is 3. The van der Waals surface area contributed by atoms with Crippen LogP contribution in [-0.4, -0.2) is 25.9 Å². The highest BCUT2D eigenvalue weighted by atomic mass is 35.5. The minimum absolute atomic E-state index is 0.228. The number of benzene rings is 1. The zero-order chi connectivity index (χ0) is 18.8. The quantitative estimate of drug-likeness (QED) is 0.610. The summed E-state index contributed by atoms with van der Waals surface area (Å²) in [4.78, 5) is 12.5. The van der Waals surface area contributed by atoms with Gasteiger partial charge in [0.2, 0.25) is 5.91 Å². The fourth-order valence-corrected chi connectivity index (χ4v) is 3.63. The summed E-state index contributed by atoms with van der Waals surface area (Å²) < 4.78 is 7.14. The lowest BCUT2D eigenvalue weighted by molar-refractivity contribution is -0.115. The van der Waals surface area contributed by atoms with Gasteiger partial charge < -0.3 is 14.3 Å². The summed E-state index contributed by atoms with van der Waals surface area (Å²) >= 11 is 13.5. The van der Waals surface area contributed by atoms with Gasteiger partial charge in [-0.2, -0.15) is 0 Å². The van der Waals surface area contributed by atoms with Crippen molar-refractivity contribution in [2.45, 2.75) is 24.3 Å². The largest absolute Gasteiger partial charge is 0.469 e. The lowest BCUT2D eigenvalue weighted by Crippen LogP contribution is -2.23. The van der Waals surface area contributed by atoms with Gasteiger partial charge in [-0.15, -0.1) is 10.2 Å². The van der Waals surface area contributed by atoms with Gasteiger partial charge in [-0.25, -0.2) is 0 Å². The number of hydrogen-bond donors (Lipinski definition) is 1. The third kappa shape index (κ3) is 3.75. The highest BCUT2D eigenvalue weighted by molar-refractivity contribution is 8.00. The van der Waals surface area contributed by atoms with E-state index < -0.39 is 5.25 Å². The molecule has 0 aliphatic carbocycles. The summed E-state index contributed by atoms with van der Waals surface area (Å²) in [7, 11) is 1.85. The van der Waals surface area contributed by atoms with Crippen LogP contribution >= 0.6 is 35.0 Å². The first-order chi connectivity index (χ1) is 12.4. The molecule has 0 aliphatic heterocycles. The number of rotatable bonds is 5. The summed E-state index contributed by atoms with van der Waals surface area (Å²) in [6, 6.07) is 6.90. The van der Waals surface area contributed by atoms with Crippen molar-refractivity contribution in [3.8, 4) is 11.4 Å². The van der Waals surface area contributed by atoms with Crippen LogP contribution in [0, 0.1) is 6.92 Å². The molecule has 3 rings (SSSR count). The number of aryl methyl sites for hydroxylation is 1. The molecule has 0 fully saturated rings. The van der Waals surface area contributed by atoms with E-state index in [1.54, 1.807) is 31.4 Å². The number of carbonyl (C=O) groups excluding carboxylic acids is 1. The number of thioether (sulfide) groups is 1. The fraction of sp³-hybridized carbons (Fsp3) is 0.235. The zero-order valence-corrected chi connectivity index (χ0v) is 16.6. The van der Waals surface area contributed by atoms with Gasteiger partial charge in [-0.1, -0.05) is 41.0 Å². The summed E-state index contributed by atoms with van der Waals surface area (Å²) in [5.74, 6) is 1.21. The van der Waals surface area contributed by atoms with Crippen LogP contribution < -0.4 is 5.32 Å². The molecular formula is C17H16Cl2N4O2S. The summed E-state index contributed by atoms with van der Waals surface area (Å²) in [6.07, 6.45) is 1.61. The SMILES string of the molecule is Cc1occc1-c1nnc(S[C@H](C)C(=O)Nc2c(Cl)cccc2Cl)n1C. The molecule has 0 saturated heterocycles. The van der Waals surface area contributed by atoms with Crippen LogP contribution in [-0.2, 0) is 11.8 Å². The highest BCUT2D eigenvalue weighted by Gasteiger charge is 2.21. The van der Waals surface area contributed by atoms with E-state index in [1.807, 2.05) is 24.6 Å². The number of amides is 1. The molecule has 3 aromatic rings. The Hall–Kier alpha value is -1.96. The van der Waals surface area contributed by atoms with Gasteiger partial charge in [0.1, 0.15) is 5.76 Å². The number of para-hydroxylation sites is 1. The number of carbonyl (C=O) groups is 1. The Morgan fingerprint density at radius 1 is 1.27 bits per heavy atom. The number of halogens is 2. The Morgan fingerprint density at radius 2 is 1.96 bits per heavy atom. The monoisotopic (exact) mass is 410 g/mol. The molecule has 9 heteroatoms. The van der Waals surface area contributed by atoms with Crippen molar-refractivity contribution in [2.24, 2.45) is 7.05 Å². The molecule has 0 saturated carbocycles. The Labute approximate surface area is 164 Å². The van der Waals surface area contributed by atoms with Gasteiger partial charge in [0, 0.05) is 7.05 Å². The average molecular weight is 411 g/mol. The smallest absolute Gasteiger partial charge is 0.237 e. The van der Waals surface area contributed by atoms with Crippen LogP contribution in [0.4, 0.5) is 5.69 Å². The van der Waals surface area contributed by atoms with E-state index in [9.17, 15) is 4.79 Å². The molecule has 0 spiro atoms. The molecule has 2 heterocycles. The third-order valence-electron chi connectivity index (χ3n) is 3.80. The molecule has 6 nitrogen and oxygen atoms in total. The number of nitrogens with one attached hydrogen (secondary N) is 1. The van der Waals surface area contributed by atoms with Crippen molar-refractivity contribution in [3.05, 3.63) is 46.3 Å². The average Bonchev–Trinajstić information content (AvgIpc) is 3.17. The maximum Gasteiger partial charge on any atom is 0.237 e. The topological polar surface area (TPSA) is 72.9 Å². The molecule has 0 aliphatic rings. The summed E-state index contributed by atoms with van der Waals surface area (Å²) in [6.45, 7) is 3.64. The second-order valence-corrected chi connectivity index (χ2v) is 7.72. The van der Waals surface area contributed by atoms with E-state index in [1.165, 1.54) is 11.8 Å². The molecule has 26 heavy (non-hydrogen) atoms. The first kappa shape index (κ1) is 18.8. The standard InChI is InChI=1S/C17H16Cl2N4O2S/c1-9-11(7-8-25-9)15-21-22-17(23(15)3)26-10(2)16(24)20-14-12(18)5-4-6-13(14)19/h4-8,10H,1-3H3,(H,20,24)/t10-/m1/s1. The molecule has 1 aromatic carbocycles. The van der Waals surface area contributed by atoms with Crippen molar-refractivity contribution < 1.29 is 9.21 Å². The molecule has 0 bridgehead atoms. The molecule has 0 unspecified atom stereocenters. The predicted octanol–water partition coefficient (Wildman–Crippen LogP) is 4.81. The summed E-state index contributed by atoms with van der Waals surface area (Å²) in [5.41, 5.74) is 1.27. The molecule has 1 atom stereocenters. The fourth-order valence-electron chi connectivity index (χ4n) is 2.32. The lowest BCUT2D eigenvalue weighted by atomic mass is 10.2. The van der Waals surface area contributed by atoms with Crippen LogP contribution in [0.3, 0.4) is 0 Å². The maximum absolute atomic E-state index is 12.5. The Kier molecular flexibility index (Phi) is 5.60. The Bertz CT molecular complexity index is 934. The van der Waals surface area contributed by atoms with E-state index in [0.29, 0.717) is 26.7 Å². The normalized spacial score (nSPS) is 12.2. The van der Waals surface area contributed by atoms with E-state index in [2.05, 4.69) is 15.5 Å². The number of furan rings is 1. The van der Waals surface area contributed by atoms with Crippen LogP contribution in [0.1, 0.15) is 12.7 Å². The van der Waals surface area contributed by atoms with Crippen LogP contribution in [0.5, 0.6) is 0 Å². The van der Waals surface area contributed by atoms with E-state index in [4.69, 9.17) is 27.6 Å². The minimum atomic E-state index is -0.427. The van der Waals surface area contributed by atoms with Crippen molar-refractivity contribution >= 4 is 46.6 Å². The van der Waals surface area contributed by atoms with Gasteiger partial charge in [-0.3, -0.25) is 4.79 Å². The number of hydrogen-bond acceptors (Lipinski definition) is 5. The van der Waals surface area contributed by atoms with Gasteiger partial charge in [0.25, 0.3) is 0 Å². The Balaban J connectivity index is 1.74. The first-order valence-corrected chi connectivity index (χ1v) is 9.37. The summed E-state index contributed by atoms with van der Waals surface area (Å²) in [5, 5.41) is 12.1. The Morgan fingerprint density at radius 3 is 2.58 bits per heavy atom. The van der Waals surface area contributed by atoms with Crippen LogP contribution in [0.15, 0.2) is 40.1 Å². The van der Waals surface area contributed by atoms with Crippen LogP contribution in [0.2, 0.25) is 10.0 Å².